The minimum absolute atomic E-state index is 1.05. The maximum Gasteiger partial charge on any atom is 0.0358 e. The van der Waals surface area contributed by atoms with Crippen LogP contribution in [0.3, 0.4) is 0 Å². The van der Waals surface area contributed by atoms with Gasteiger partial charge < -0.3 is 0 Å². The van der Waals surface area contributed by atoms with Crippen LogP contribution in [0.1, 0.15) is 12.5 Å². The zero-order chi connectivity index (χ0) is 9.10. The molecule has 0 unspecified atom stereocenters. The van der Waals surface area contributed by atoms with Crippen molar-refractivity contribution in [2.24, 2.45) is 0 Å². The molecule has 1 nitrogen and oxygen atoms in total. The number of pyridine rings is 1. The van der Waals surface area contributed by atoms with Gasteiger partial charge in [-0.3, -0.25) is 4.98 Å². The second-order valence-electron chi connectivity index (χ2n) is 2.91. The molecule has 13 heavy (non-hydrogen) atoms. The largest absolute Gasteiger partial charge is 0.264 e. The van der Waals surface area contributed by atoms with Gasteiger partial charge in [0.15, 0.2) is 0 Å². The first-order valence-corrected chi connectivity index (χ1v) is 5.26. The molecule has 0 amide bonds. The van der Waals surface area contributed by atoms with Crippen molar-refractivity contribution < 1.29 is 0 Å². The fourth-order valence-corrected chi connectivity index (χ4v) is 1.97. The van der Waals surface area contributed by atoms with Crippen LogP contribution in [0, 0.1) is 0 Å². The van der Waals surface area contributed by atoms with Gasteiger partial charge in [-0.25, -0.2) is 0 Å². The molecule has 0 aliphatic rings. The Morgan fingerprint density at radius 2 is 2.31 bits per heavy atom. The number of hydrogen-bond donors (Lipinski definition) is 0. The van der Waals surface area contributed by atoms with Gasteiger partial charge in [0.2, 0.25) is 0 Å². The van der Waals surface area contributed by atoms with E-state index in [0.29, 0.717) is 0 Å². The van der Waals surface area contributed by atoms with Gasteiger partial charge >= 0.3 is 0 Å². The van der Waals surface area contributed by atoms with Gasteiger partial charge in [-0.1, -0.05) is 13.0 Å². The van der Waals surface area contributed by atoms with Crippen LogP contribution in [0.5, 0.6) is 0 Å². The van der Waals surface area contributed by atoms with E-state index in [9.17, 15) is 0 Å². The third kappa shape index (κ3) is 1.78. The van der Waals surface area contributed by atoms with Gasteiger partial charge in [0.05, 0.1) is 0 Å². The quantitative estimate of drug-likeness (QED) is 0.705. The van der Waals surface area contributed by atoms with Crippen LogP contribution in [0.15, 0.2) is 36.0 Å². The Hall–Kier alpha value is -1.15. The zero-order valence-electron chi connectivity index (χ0n) is 7.53. The first-order valence-electron chi connectivity index (χ1n) is 4.38. The molecule has 2 heteroatoms. The molecule has 2 aromatic heterocycles. The monoisotopic (exact) mass is 189 g/mol. The van der Waals surface area contributed by atoms with Gasteiger partial charge in [0.1, 0.15) is 0 Å². The fraction of sp³-hybridized carbons (Fsp3) is 0.182. The Labute approximate surface area is 82.1 Å². The summed E-state index contributed by atoms with van der Waals surface area (Å²) in [6.07, 6.45) is 4.90. The Balaban J connectivity index is 2.41. The van der Waals surface area contributed by atoms with Gasteiger partial charge in [-0.05, 0) is 29.5 Å². The summed E-state index contributed by atoms with van der Waals surface area (Å²) < 4.78 is 0. The van der Waals surface area contributed by atoms with Crippen LogP contribution in [0.25, 0.3) is 10.4 Å². The van der Waals surface area contributed by atoms with Crippen LogP contribution in [0.4, 0.5) is 0 Å². The molecule has 0 radical (unpaired) electrons. The van der Waals surface area contributed by atoms with Crippen molar-refractivity contribution >= 4 is 11.3 Å². The average Bonchev–Trinajstić information content (AvgIpc) is 2.71. The van der Waals surface area contributed by atoms with Crippen molar-refractivity contribution in [3.05, 3.63) is 41.5 Å². The molecular formula is C11H11NS. The summed E-state index contributed by atoms with van der Waals surface area (Å²) in [5.74, 6) is 0. The van der Waals surface area contributed by atoms with Gasteiger partial charge in [-0.15, -0.1) is 11.3 Å². The lowest BCUT2D eigenvalue weighted by Gasteiger charge is -1.99. The maximum absolute atomic E-state index is 4.22. The SMILES string of the molecule is CCc1cncc(-c2cccs2)c1. The molecule has 0 aliphatic carbocycles. The minimum Gasteiger partial charge on any atom is -0.264 e. The summed E-state index contributed by atoms with van der Waals surface area (Å²) in [6.45, 7) is 2.15. The Kier molecular flexibility index (Phi) is 2.41. The summed E-state index contributed by atoms with van der Waals surface area (Å²) in [6, 6.07) is 6.40. The molecule has 2 heterocycles. The number of rotatable bonds is 2. The number of nitrogens with zero attached hydrogens (tertiary/aromatic N) is 1. The summed E-state index contributed by atoms with van der Waals surface area (Å²) in [5, 5.41) is 2.09. The van der Waals surface area contributed by atoms with E-state index >= 15 is 0 Å². The second-order valence-corrected chi connectivity index (χ2v) is 3.86. The predicted octanol–water partition coefficient (Wildman–Crippen LogP) is 3.37. The highest BCUT2D eigenvalue weighted by atomic mass is 32.1. The van der Waals surface area contributed by atoms with E-state index in [1.165, 1.54) is 16.0 Å². The first kappa shape index (κ1) is 8.45. The van der Waals surface area contributed by atoms with E-state index in [4.69, 9.17) is 0 Å². The number of hydrogen-bond acceptors (Lipinski definition) is 2. The number of thiophene rings is 1. The van der Waals surface area contributed by atoms with Crippen molar-refractivity contribution in [3.8, 4) is 10.4 Å². The van der Waals surface area contributed by atoms with Crippen LogP contribution >= 0.6 is 11.3 Å². The number of aromatic nitrogens is 1. The van der Waals surface area contributed by atoms with Crippen molar-refractivity contribution in [3.63, 3.8) is 0 Å². The third-order valence-electron chi connectivity index (χ3n) is 2.01. The molecule has 2 aromatic rings. The molecule has 2 rings (SSSR count). The highest BCUT2D eigenvalue weighted by Gasteiger charge is 1.99. The normalized spacial score (nSPS) is 10.2. The molecule has 0 fully saturated rings. The van der Waals surface area contributed by atoms with E-state index in [0.717, 1.165) is 6.42 Å². The predicted molar refractivity (Wildman–Crippen MR) is 56.9 cm³/mol. The molecule has 0 aromatic carbocycles. The lowest BCUT2D eigenvalue weighted by Crippen LogP contribution is -1.83. The van der Waals surface area contributed by atoms with Crippen molar-refractivity contribution in [2.45, 2.75) is 13.3 Å². The van der Waals surface area contributed by atoms with Crippen molar-refractivity contribution in [2.75, 3.05) is 0 Å². The van der Waals surface area contributed by atoms with Crippen LogP contribution < -0.4 is 0 Å². The first-order chi connectivity index (χ1) is 6.40. The highest BCUT2D eigenvalue weighted by Crippen LogP contribution is 2.24. The summed E-state index contributed by atoms with van der Waals surface area (Å²) in [4.78, 5) is 5.51. The van der Waals surface area contributed by atoms with Crippen molar-refractivity contribution in [1.82, 2.24) is 4.98 Å². The maximum atomic E-state index is 4.22. The molecule has 66 valence electrons. The Bertz CT molecular complexity index is 379. The lowest BCUT2D eigenvalue weighted by molar-refractivity contribution is 1.11. The smallest absolute Gasteiger partial charge is 0.0358 e. The fourth-order valence-electron chi connectivity index (χ4n) is 1.26. The third-order valence-corrected chi connectivity index (χ3v) is 2.93. The lowest BCUT2D eigenvalue weighted by atomic mass is 10.1. The van der Waals surface area contributed by atoms with Crippen molar-refractivity contribution in [1.29, 1.82) is 0 Å². The van der Waals surface area contributed by atoms with E-state index in [2.05, 4.69) is 35.5 Å². The Morgan fingerprint density at radius 1 is 1.38 bits per heavy atom. The molecule has 0 atom stereocenters. The van der Waals surface area contributed by atoms with E-state index in [1.807, 2.05) is 12.4 Å². The molecule has 0 spiro atoms. The molecular weight excluding hydrogens is 178 g/mol. The molecule has 0 N–H and O–H groups in total. The topological polar surface area (TPSA) is 12.9 Å². The van der Waals surface area contributed by atoms with Crippen LogP contribution in [-0.2, 0) is 6.42 Å². The summed E-state index contributed by atoms with van der Waals surface area (Å²) in [5.41, 5.74) is 2.53. The Morgan fingerprint density at radius 3 is 3.00 bits per heavy atom. The molecule has 0 aliphatic heterocycles. The molecule has 0 bridgehead atoms. The highest BCUT2D eigenvalue weighted by molar-refractivity contribution is 7.13. The summed E-state index contributed by atoms with van der Waals surface area (Å²) in [7, 11) is 0. The number of aryl methyl sites for hydroxylation is 1. The second kappa shape index (κ2) is 3.71. The van der Waals surface area contributed by atoms with Gasteiger partial charge in [-0.2, -0.15) is 0 Å². The van der Waals surface area contributed by atoms with E-state index in [-0.39, 0.29) is 0 Å². The van der Waals surface area contributed by atoms with Gasteiger partial charge in [0, 0.05) is 22.8 Å². The van der Waals surface area contributed by atoms with Crippen LogP contribution in [-0.4, -0.2) is 4.98 Å². The minimum atomic E-state index is 1.05. The summed E-state index contributed by atoms with van der Waals surface area (Å²) >= 11 is 1.76. The van der Waals surface area contributed by atoms with Crippen LogP contribution in [0.2, 0.25) is 0 Å². The van der Waals surface area contributed by atoms with E-state index < -0.39 is 0 Å². The standard InChI is InChI=1S/C11H11NS/c1-2-9-6-10(8-12-7-9)11-4-3-5-13-11/h3-8H,2H2,1H3. The zero-order valence-corrected chi connectivity index (χ0v) is 8.34. The average molecular weight is 189 g/mol. The molecule has 0 saturated heterocycles. The van der Waals surface area contributed by atoms with Gasteiger partial charge in [0.25, 0.3) is 0 Å². The van der Waals surface area contributed by atoms with E-state index in [1.54, 1.807) is 11.3 Å². The molecule has 0 saturated carbocycles.